The van der Waals surface area contributed by atoms with Crippen LogP contribution >= 0.6 is 23.4 Å². The van der Waals surface area contributed by atoms with E-state index in [0.29, 0.717) is 22.2 Å². The van der Waals surface area contributed by atoms with Gasteiger partial charge in [0.25, 0.3) is 5.91 Å². The molecule has 0 saturated carbocycles. The summed E-state index contributed by atoms with van der Waals surface area (Å²) in [5, 5.41) is 13.4. The third-order valence-electron chi connectivity index (χ3n) is 3.64. The Morgan fingerprint density at radius 3 is 2.85 bits per heavy atom. The number of phenols is 1. The number of aryl methyl sites for hydroxylation is 1. The van der Waals surface area contributed by atoms with E-state index in [0.717, 1.165) is 11.3 Å². The van der Waals surface area contributed by atoms with Crippen LogP contribution in [0.1, 0.15) is 18.1 Å². The molecule has 5 nitrogen and oxygen atoms in total. The molecule has 134 valence electrons. The Hall–Kier alpha value is -2.44. The van der Waals surface area contributed by atoms with Crippen molar-refractivity contribution >= 4 is 46.2 Å². The van der Waals surface area contributed by atoms with Gasteiger partial charge in [-0.3, -0.25) is 4.79 Å². The molecule has 0 spiro atoms. The number of carbonyl (C=O) groups excluding carboxylic acids is 1. The molecule has 1 aliphatic heterocycles. The van der Waals surface area contributed by atoms with E-state index in [1.54, 1.807) is 18.2 Å². The summed E-state index contributed by atoms with van der Waals surface area (Å²) in [4.78, 5) is 17.2. The van der Waals surface area contributed by atoms with Crippen LogP contribution in [0.5, 0.6) is 11.5 Å². The molecule has 0 unspecified atom stereocenters. The van der Waals surface area contributed by atoms with E-state index in [4.69, 9.17) is 16.3 Å². The molecule has 7 heteroatoms. The van der Waals surface area contributed by atoms with Crippen molar-refractivity contribution in [2.75, 3.05) is 6.61 Å². The van der Waals surface area contributed by atoms with Crippen molar-refractivity contribution in [3.05, 3.63) is 57.5 Å². The molecule has 1 saturated heterocycles. The van der Waals surface area contributed by atoms with Crippen molar-refractivity contribution < 1.29 is 14.6 Å². The van der Waals surface area contributed by atoms with Gasteiger partial charge in [0.15, 0.2) is 16.7 Å². The first-order valence-electron chi connectivity index (χ1n) is 7.98. The number of nitrogens with zero attached hydrogens (tertiary/aromatic N) is 1. The zero-order chi connectivity index (χ0) is 18.7. The Morgan fingerprint density at radius 2 is 2.12 bits per heavy atom. The van der Waals surface area contributed by atoms with Crippen LogP contribution in [0.2, 0.25) is 5.02 Å². The van der Waals surface area contributed by atoms with Crippen molar-refractivity contribution in [3.63, 3.8) is 0 Å². The quantitative estimate of drug-likeness (QED) is 0.748. The molecular weight excluding hydrogens is 372 g/mol. The van der Waals surface area contributed by atoms with Crippen molar-refractivity contribution in [2.45, 2.75) is 13.8 Å². The number of aromatic hydroxyl groups is 1. The third kappa shape index (κ3) is 4.03. The molecule has 2 aromatic carbocycles. The molecule has 0 atom stereocenters. The van der Waals surface area contributed by atoms with Gasteiger partial charge in [-0.25, -0.2) is 4.99 Å². The number of amidine groups is 1. The van der Waals surface area contributed by atoms with Gasteiger partial charge in [-0.1, -0.05) is 29.8 Å². The number of phenolic OH excluding ortho intramolecular Hbond substituents is 1. The lowest BCUT2D eigenvalue weighted by molar-refractivity contribution is -0.115. The zero-order valence-corrected chi connectivity index (χ0v) is 15.8. The molecule has 0 aromatic heterocycles. The summed E-state index contributed by atoms with van der Waals surface area (Å²) in [6, 6.07) is 10.9. The summed E-state index contributed by atoms with van der Waals surface area (Å²) in [6.07, 6.45) is 1.69. The largest absolute Gasteiger partial charge is 0.503 e. The first-order chi connectivity index (χ1) is 12.5. The van der Waals surface area contributed by atoms with E-state index in [2.05, 4.69) is 10.3 Å². The van der Waals surface area contributed by atoms with Gasteiger partial charge in [0, 0.05) is 0 Å². The number of hydrogen-bond acceptors (Lipinski definition) is 5. The van der Waals surface area contributed by atoms with Crippen LogP contribution in [0.4, 0.5) is 5.69 Å². The topological polar surface area (TPSA) is 70.9 Å². The van der Waals surface area contributed by atoms with E-state index in [-0.39, 0.29) is 22.4 Å². The van der Waals surface area contributed by atoms with Crippen LogP contribution < -0.4 is 10.1 Å². The third-order valence-corrected chi connectivity index (χ3v) is 4.83. The lowest BCUT2D eigenvalue weighted by Gasteiger charge is -2.08. The normalized spacial score (nSPS) is 17.0. The van der Waals surface area contributed by atoms with Gasteiger partial charge in [0.05, 0.1) is 22.2 Å². The lowest BCUT2D eigenvalue weighted by atomic mass is 10.2. The van der Waals surface area contributed by atoms with Gasteiger partial charge in [-0.05, 0) is 61.0 Å². The molecular formula is C19H17ClN2O3S. The number of halogens is 1. The van der Waals surface area contributed by atoms with Gasteiger partial charge in [0.1, 0.15) is 0 Å². The maximum Gasteiger partial charge on any atom is 0.264 e. The highest BCUT2D eigenvalue weighted by molar-refractivity contribution is 8.18. The molecule has 3 rings (SSSR count). The van der Waals surface area contributed by atoms with Crippen molar-refractivity contribution in [1.82, 2.24) is 5.32 Å². The highest BCUT2D eigenvalue weighted by Gasteiger charge is 2.24. The number of hydrogen-bond donors (Lipinski definition) is 2. The predicted octanol–water partition coefficient (Wildman–Crippen LogP) is 4.64. The number of nitrogens with one attached hydrogen (secondary N) is 1. The molecule has 2 N–H and O–H groups in total. The standard InChI is InChI=1S/C19H17ClN2O3S/c1-3-25-15-9-12(8-13(20)17(15)23)10-16-18(24)22-19(26-16)21-14-7-5-4-6-11(14)2/h4-10,23H,3H2,1-2H3,(H,21,22,24)/b16-10-. The summed E-state index contributed by atoms with van der Waals surface area (Å²) in [7, 11) is 0. The molecule has 1 fully saturated rings. The van der Waals surface area contributed by atoms with Crippen LogP contribution in [0.15, 0.2) is 46.3 Å². The van der Waals surface area contributed by atoms with Gasteiger partial charge >= 0.3 is 0 Å². The van der Waals surface area contributed by atoms with Crippen LogP contribution in [-0.4, -0.2) is 22.8 Å². The number of benzene rings is 2. The average molecular weight is 389 g/mol. The lowest BCUT2D eigenvalue weighted by Crippen LogP contribution is -2.19. The van der Waals surface area contributed by atoms with Crippen LogP contribution in [0.25, 0.3) is 6.08 Å². The Morgan fingerprint density at radius 1 is 1.35 bits per heavy atom. The monoisotopic (exact) mass is 388 g/mol. The molecule has 0 radical (unpaired) electrons. The van der Waals surface area contributed by atoms with Gasteiger partial charge in [-0.2, -0.15) is 0 Å². The number of para-hydroxylation sites is 1. The molecule has 1 aliphatic rings. The molecule has 0 aliphatic carbocycles. The highest BCUT2D eigenvalue weighted by atomic mass is 35.5. The van der Waals surface area contributed by atoms with Gasteiger partial charge in [-0.15, -0.1) is 0 Å². The van der Waals surface area contributed by atoms with Crippen molar-refractivity contribution in [1.29, 1.82) is 0 Å². The Labute approximate surface area is 160 Å². The van der Waals surface area contributed by atoms with Crippen molar-refractivity contribution in [3.8, 4) is 11.5 Å². The van der Waals surface area contributed by atoms with Crippen LogP contribution in [-0.2, 0) is 4.79 Å². The number of ether oxygens (including phenoxy) is 1. The number of amides is 1. The molecule has 26 heavy (non-hydrogen) atoms. The number of thioether (sulfide) groups is 1. The highest BCUT2D eigenvalue weighted by Crippen LogP contribution is 2.37. The molecule has 0 bridgehead atoms. The summed E-state index contributed by atoms with van der Waals surface area (Å²) in [5.41, 5.74) is 2.49. The van der Waals surface area contributed by atoms with E-state index < -0.39 is 0 Å². The van der Waals surface area contributed by atoms with E-state index >= 15 is 0 Å². The van der Waals surface area contributed by atoms with E-state index in [1.807, 2.05) is 38.1 Å². The fourth-order valence-corrected chi connectivity index (χ4v) is 3.43. The van der Waals surface area contributed by atoms with E-state index in [9.17, 15) is 9.90 Å². The van der Waals surface area contributed by atoms with E-state index in [1.165, 1.54) is 11.8 Å². The Bertz CT molecular complexity index is 925. The second kappa shape index (κ2) is 7.85. The predicted molar refractivity (Wildman–Crippen MR) is 106 cm³/mol. The van der Waals surface area contributed by atoms with Crippen LogP contribution in [0.3, 0.4) is 0 Å². The molecule has 1 amide bonds. The Kier molecular flexibility index (Phi) is 5.54. The summed E-state index contributed by atoms with van der Waals surface area (Å²) >= 11 is 7.29. The fourth-order valence-electron chi connectivity index (χ4n) is 2.37. The number of carbonyl (C=O) groups is 1. The molecule has 1 heterocycles. The molecule has 2 aromatic rings. The zero-order valence-electron chi connectivity index (χ0n) is 14.2. The SMILES string of the molecule is CCOc1cc(/C=C2\SC(=Nc3ccccc3C)NC2=O)cc(Cl)c1O. The van der Waals surface area contributed by atoms with Gasteiger partial charge < -0.3 is 15.2 Å². The summed E-state index contributed by atoms with van der Waals surface area (Å²) in [5.74, 6) is -0.0606. The first kappa shape index (κ1) is 18.4. The fraction of sp³-hybridized carbons (Fsp3) is 0.158. The maximum absolute atomic E-state index is 12.2. The average Bonchev–Trinajstić information content (AvgIpc) is 2.94. The minimum Gasteiger partial charge on any atom is -0.503 e. The summed E-state index contributed by atoms with van der Waals surface area (Å²) in [6.45, 7) is 4.17. The Balaban J connectivity index is 1.89. The minimum absolute atomic E-state index is 0.110. The second-order valence-electron chi connectivity index (χ2n) is 5.55. The minimum atomic E-state index is -0.232. The van der Waals surface area contributed by atoms with Crippen LogP contribution in [0, 0.1) is 6.92 Å². The van der Waals surface area contributed by atoms with Crippen molar-refractivity contribution in [2.24, 2.45) is 4.99 Å². The maximum atomic E-state index is 12.2. The first-order valence-corrected chi connectivity index (χ1v) is 9.18. The summed E-state index contributed by atoms with van der Waals surface area (Å²) < 4.78 is 5.37. The number of rotatable bonds is 4. The smallest absolute Gasteiger partial charge is 0.264 e. The second-order valence-corrected chi connectivity index (χ2v) is 6.99. The number of aliphatic imine (C=N–C) groups is 1. The van der Waals surface area contributed by atoms with Gasteiger partial charge in [0.2, 0.25) is 0 Å².